The summed E-state index contributed by atoms with van der Waals surface area (Å²) in [5, 5.41) is 4.20. The van der Waals surface area contributed by atoms with Crippen molar-refractivity contribution in [1.82, 2.24) is 9.78 Å². The number of rotatable bonds is 8. The zero-order valence-corrected chi connectivity index (χ0v) is 20.3. The molecule has 0 N–H and O–H groups in total. The number of hydrogen-bond donors (Lipinski definition) is 0. The third kappa shape index (κ3) is 5.43. The highest BCUT2D eigenvalue weighted by atomic mass is 32.2. The number of para-hydroxylation sites is 1. The van der Waals surface area contributed by atoms with Crippen LogP contribution in [0.4, 0.5) is 18.9 Å². The zero-order chi connectivity index (χ0) is 25.9. The SMILES string of the molecule is CCOc1nn(CC)cc1S(=O)(=O)N1CCOc2ccc(/C=C/c3ccccc3OC(F)(F)F)cc21. The predicted molar refractivity (Wildman–Crippen MR) is 128 cm³/mol. The van der Waals surface area contributed by atoms with Crippen LogP contribution in [-0.4, -0.2) is 44.3 Å². The number of aryl methyl sites for hydroxylation is 1. The minimum Gasteiger partial charge on any atom is -0.489 e. The van der Waals surface area contributed by atoms with Gasteiger partial charge in [-0.05, 0) is 37.6 Å². The van der Waals surface area contributed by atoms with E-state index in [9.17, 15) is 21.6 Å². The number of aromatic nitrogens is 2. The molecule has 3 aromatic rings. The monoisotopic (exact) mass is 523 g/mol. The average Bonchev–Trinajstić information content (AvgIpc) is 3.26. The van der Waals surface area contributed by atoms with Crippen LogP contribution in [0, 0.1) is 0 Å². The van der Waals surface area contributed by atoms with Gasteiger partial charge in [0.1, 0.15) is 18.1 Å². The first kappa shape index (κ1) is 25.4. The van der Waals surface area contributed by atoms with E-state index in [1.165, 1.54) is 39.5 Å². The van der Waals surface area contributed by atoms with Crippen LogP contribution >= 0.6 is 0 Å². The van der Waals surface area contributed by atoms with Crippen molar-refractivity contribution in [2.75, 3.05) is 24.1 Å². The van der Waals surface area contributed by atoms with E-state index in [4.69, 9.17) is 9.47 Å². The van der Waals surface area contributed by atoms with Crippen molar-refractivity contribution in [2.45, 2.75) is 31.7 Å². The van der Waals surface area contributed by atoms with Gasteiger partial charge in [0.2, 0.25) is 0 Å². The Morgan fingerprint density at radius 2 is 1.92 bits per heavy atom. The molecule has 0 radical (unpaired) electrons. The molecule has 0 fully saturated rings. The molecule has 1 aromatic heterocycles. The second-order valence-electron chi connectivity index (χ2n) is 7.66. The van der Waals surface area contributed by atoms with Gasteiger partial charge < -0.3 is 14.2 Å². The molecule has 0 aliphatic carbocycles. The van der Waals surface area contributed by atoms with Crippen LogP contribution in [0.5, 0.6) is 17.4 Å². The summed E-state index contributed by atoms with van der Waals surface area (Å²) in [7, 11) is -4.05. The molecule has 1 aliphatic heterocycles. The molecule has 0 atom stereocenters. The highest BCUT2D eigenvalue weighted by Crippen LogP contribution is 2.38. The summed E-state index contributed by atoms with van der Waals surface area (Å²) >= 11 is 0. The summed E-state index contributed by atoms with van der Waals surface area (Å²) < 4.78 is 83.4. The van der Waals surface area contributed by atoms with Gasteiger partial charge in [0.15, 0.2) is 4.90 Å². The van der Waals surface area contributed by atoms with E-state index < -0.39 is 16.4 Å². The van der Waals surface area contributed by atoms with E-state index in [1.807, 2.05) is 6.92 Å². The van der Waals surface area contributed by atoms with Gasteiger partial charge in [-0.1, -0.05) is 36.4 Å². The molecule has 0 unspecified atom stereocenters. The van der Waals surface area contributed by atoms with E-state index in [1.54, 1.807) is 37.3 Å². The van der Waals surface area contributed by atoms with Crippen molar-refractivity contribution in [3.05, 3.63) is 59.8 Å². The molecule has 2 heterocycles. The normalized spacial score (nSPS) is 14.0. The number of fused-ring (bicyclic) bond motifs is 1. The van der Waals surface area contributed by atoms with Gasteiger partial charge in [-0.2, -0.15) is 0 Å². The second-order valence-corrected chi connectivity index (χ2v) is 9.49. The Bertz CT molecular complexity index is 1370. The van der Waals surface area contributed by atoms with E-state index in [-0.39, 0.29) is 41.8 Å². The predicted octanol–water partition coefficient (Wildman–Crippen LogP) is 4.96. The molecule has 36 heavy (non-hydrogen) atoms. The molecule has 192 valence electrons. The standard InChI is InChI=1S/C24H24F3N3O5S/c1-3-29-16-22(23(28-29)33-4-2)36(31,32)30-13-14-34-21-12-10-17(15-19(21)30)9-11-18-7-5-6-8-20(18)35-24(25,26)27/h5-12,15-16H,3-4,13-14H2,1-2H3/b11-9+. The van der Waals surface area contributed by atoms with Crippen molar-refractivity contribution in [3.8, 4) is 17.4 Å². The lowest BCUT2D eigenvalue weighted by molar-refractivity contribution is -0.274. The second kappa shape index (κ2) is 10.1. The quantitative estimate of drug-likeness (QED) is 0.388. The fourth-order valence-electron chi connectivity index (χ4n) is 3.67. The van der Waals surface area contributed by atoms with Gasteiger partial charge in [0, 0.05) is 18.3 Å². The van der Waals surface area contributed by atoms with Crippen molar-refractivity contribution in [3.63, 3.8) is 0 Å². The first-order valence-electron chi connectivity index (χ1n) is 11.1. The third-order valence-electron chi connectivity index (χ3n) is 5.27. The number of benzene rings is 2. The van der Waals surface area contributed by atoms with Crippen LogP contribution in [0.3, 0.4) is 0 Å². The molecule has 1 aliphatic rings. The van der Waals surface area contributed by atoms with Gasteiger partial charge in [0.25, 0.3) is 15.9 Å². The number of halogens is 3. The van der Waals surface area contributed by atoms with Crippen LogP contribution in [0.25, 0.3) is 12.2 Å². The molecule has 12 heteroatoms. The van der Waals surface area contributed by atoms with Gasteiger partial charge >= 0.3 is 6.36 Å². The fourth-order valence-corrected chi connectivity index (χ4v) is 5.19. The molecule has 8 nitrogen and oxygen atoms in total. The lowest BCUT2D eigenvalue weighted by atomic mass is 10.1. The van der Waals surface area contributed by atoms with Crippen molar-refractivity contribution < 1.29 is 35.8 Å². The maximum atomic E-state index is 13.6. The largest absolute Gasteiger partial charge is 0.573 e. The molecule has 0 spiro atoms. The van der Waals surface area contributed by atoms with Crippen LogP contribution in [-0.2, 0) is 16.6 Å². The molecular weight excluding hydrogens is 499 g/mol. The summed E-state index contributed by atoms with van der Waals surface area (Å²) in [6.07, 6.45) is -0.368. The molecule has 0 saturated carbocycles. The summed E-state index contributed by atoms with van der Waals surface area (Å²) in [5.41, 5.74) is 1.06. The summed E-state index contributed by atoms with van der Waals surface area (Å²) in [5.74, 6) is 0.0384. The smallest absolute Gasteiger partial charge is 0.489 e. The zero-order valence-electron chi connectivity index (χ0n) is 19.5. The minimum absolute atomic E-state index is 0.0183. The average molecular weight is 524 g/mol. The van der Waals surface area contributed by atoms with E-state index >= 15 is 0 Å². The number of hydrogen-bond acceptors (Lipinski definition) is 6. The van der Waals surface area contributed by atoms with E-state index in [0.29, 0.717) is 23.5 Å². The van der Waals surface area contributed by atoms with Crippen LogP contribution in [0.1, 0.15) is 25.0 Å². The number of sulfonamides is 1. The van der Waals surface area contributed by atoms with Crippen molar-refractivity contribution in [1.29, 1.82) is 0 Å². The number of anilines is 1. The number of alkyl halides is 3. The van der Waals surface area contributed by atoms with Gasteiger partial charge in [-0.25, -0.2) is 8.42 Å². The highest BCUT2D eigenvalue weighted by molar-refractivity contribution is 7.93. The topological polar surface area (TPSA) is 82.9 Å². The maximum absolute atomic E-state index is 13.6. The van der Waals surface area contributed by atoms with Gasteiger partial charge in [-0.15, -0.1) is 18.3 Å². The first-order chi connectivity index (χ1) is 17.1. The number of nitrogens with zero attached hydrogens (tertiary/aromatic N) is 3. The molecule has 2 aromatic carbocycles. The molecule has 4 rings (SSSR count). The van der Waals surface area contributed by atoms with E-state index in [0.717, 1.165) is 0 Å². The van der Waals surface area contributed by atoms with E-state index in [2.05, 4.69) is 9.84 Å². The molecular formula is C24H24F3N3O5S. The van der Waals surface area contributed by atoms with Crippen molar-refractivity contribution in [2.24, 2.45) is 0 Å². The third-order valence-corrected chi connectivity index (χ3v) is 7.07. The first-order valence-corrected chi connectivity index (χ1v) is 12.6. The van der Waals surface area contributed by atoms with Crippen LogP contribution in [0.2, 0.25) is 0 Å². The Morgan fingerprint density at radius 3 is 2.64 bits per heavy atom. The Kier molecular flexibility index (Phi) is 7.16. The highest BCUT2D eigenvalue weighted by Gasteiger charge is 2.35. The molecule has 0 saturated heterocycles. The molecule has 0 bridgehead atoms. The Hall–Kier alpha value is -3.67. The summed E-state index contributed by atoms with van der Waals surface area (Å²) in [6.45, 7) is 4.49. The van der Waals surface area contributed by atoms with Crippen LogP contribution in [0.15, 0.2) is 53.6 Å². The molecule has 0 amide bonds. The van der Waals surface area contributed by atoms with Gasteiger partial charge in [0.05, 0.1) is 18.8 Å². The minimum atomic E-state index is -4.83. The summed E-state index contributed by atoms with van der Waals surface area (Å²) in [6, 6.07) is 10.6. The van der Waals surface area contributed by atoms with Crippen molar-refractivity contribution >= 4 is 27.9 Å². The number of ether oxygens (including phenoxy) is 3. The lowest BCUT2D eigenvalue weighted by Gasteiger charge is -2.30. The Balaban J connectivity index is 1.69. The Morgan fingerprint density at radius 1 is 1.14 bits per heavy atom. The lowest BCUT2D eigenvalue weighted by Crippen LogP contribution is -2.38. The maximum Gasteiger partial charge on any atom is 0.573 e. The van der Waals surface area contributed by atoms with Crippen LogP contribution < -0.4 is 18.5 Å². The summed E-state index contributed by atoms with van der Waals surface area (Å²) in [4.78, 5) is -0.0572. The Labute approximate surface area is 206 Å². The fraction of sp³-hybridized carbons (Fsp3) is 0.292. The van der Waals surface area contributed by atoms with Gasteiger partial charge in [-0.3, -0.25) is 8.99 Å².